The average Bonchev–Trinajstić information content (AvgIpc) is 3.07. The van der Waals surface area contributed by atoms with E-state index in [0.717, 1.165) is 15.6 Å². The van der Waals surface area contributed by atoms with E-state index in [0.29, 0.717) is 5.75 Å². The predicted octanol–water partition coefficient (Wildman–Crippen LogP) is 2.05. The number of anilines is 1. The normalized spacial score (nSPS) is 11.0. The zero-order valence-corrected chi connectivity index (χ0v) is 14.1. The molecule has 0 fully saturated rings. The standard InChI is InChI=1S/C14H15NO6S2/c1-20-10-5-6-12(21-2)11(8-10)15(9-13(16)17)23(18,19)14-4-3-7-22-14/h3-8H,9H2,1-2H3,(H,16,17). The summed E-state index contributed by atoms with van der Waals surface area (Å²) in [5.41, 5.74) is 0.0997. The van der Waals surface area contributed by atoms with Crippen molar-refractivity contribution in [3.05, 3.63) is 35.7 Å². The Labute approximate surface area is 137 Å². The number of aliphatic carboxylic acids is 1. The molecule has 2 aromatic rings. The van der Waals surface area contributed by atoms with Crippen LogP contribution in [0, 0.1) is 0 Å². The highest BCUT2D eigenvalue weighted by atomic mass is 32.2. The SMILES string of the molecule is COc1ccc(OC)c(N(CC(=O)O)S(=O)(=O)c2cccs2)c1. The van der Waals surface area contributed by atoms with Crippen LogP contribution in [-0.4, -0.2) is 40.3 Å². The van der Waals surface area contributed by atoms with Crippen molar-refractivity contribution in [3.63, 3.8) is 0 Å². The second-order valence-corrected chi connectivity index (χ2v) is 7.41. The molecule has 1 heterocycles. The number of nitrogens with zero attached hydrogens (tertiary/aromatic N) is 1. The number of rotatable bonds is 7. The molecule has 0 spiro atoms. The lowest BCUT2D eigenvalue weighted by molar-refractivity contribution is -0.135. The lowest BCUT2D eigenvalue weighted by Gasteiger charge is -2.24. The van der Waals surface area contributed by atoms with E-state index in [1.807, 2.05) is 0 Å². The van der Waals surface area contributed by atoms with Gasteiger partial charge in [-0.05, 0) is 23.6 Å². The van der Waals surface area contributed by atoms with Gasteiger partial charge in [-0.1, -0.05) is 6.07 Å². The third-order valence-electron chi connectivity index (χ3n) is 2.97. The van der Waals surface area contributed by atoms with Crippen LogP contribution in [0.25, 0.3) is 0 Å². The van der Waals surface area contributed by atoms with Crippen molar-refractivity contribution in [2.45, 2.75) is 4.21 Å². The van der Waals surface area contributed by atoms with Gasteiger partial charge in [0.15, 0.2) is 0 Å². The smallest absolute Gasteiger partial charge is 0.324 e. The van der Waals surface area contributed by atoms with Gasteiger partial charge in [0.05, 0.1) is 19.9 Å². The fourth-order valence-electron chi connectivity index (χ4n) is 1.93. The number of carboxylic acid groups (broad SMARTS) is 1. The highest BCUT2D eigenvalue weighted by molar-refractivity contribution is 7.94. The van der Waals surface area contributed by atoms with Gasteiger partial charge in [-0.2, -0.15) is 0 Å². The molecule has 1 aromatic carbocycles. The van der Waals surface area contributed by atoms with Crippen LogP contribution in [0.4, 0.5) is 5.69 Å². The Balaban J connectivity index is 2.62. The number of benzene rings is 1. The molecule has 0 amide bonds. The molecular weight excluding hydrogens is 342 g/mol. The van der Waals surface area contributed by atoms with E-state index < -0.39 is 22.5 Å². The van der Waals surface area contributed by atoms with Crippen LogP contribution in [0.3, 0.4) is 0 Å². The highest BCUT2D eigenvalue weighted by Crippen LogP contribution is 2.36. The quantitative estimate of drug-likeness (QED) is 0.815. The van der Waals surface area contributed by atoms with Crippen LogP contribution in [0.1, 0.15) is 0 Å². The Morgan fingerprint density at radius 1 is 1.26 bits per heavy atom. The van der Waals surface area contributed by atoms with Gasteiger partial charge < -0.3 is 14.6 Å². The third-order valence-corrected chi connectivity index (χ3v) is 6.11. The van der Waals surface area contributed by atoms with Crippen LogP contribution >= 0.6 is 11.3 Å². The van der Waals surface area contributed by atoms with Crippen molar-refractivity contribution in [1.29, 1.82) is 0 Å². The molecule has 2 rings (SSSR count). The Hall–Kier alpha value is -2.26. The number of thiophene rings is 1. The minimum absolute atomic E-state index is 0.0450. The van der Waals surface area contributed by atoms with Crippen LogP contribution in [0.2, 0.25) is 0 Å². The molecule has 0 atom stereocenters. The number of hydrogen-bond acceptors (Lipinski definition) is 6. The van der Waals surface area contributed by atoms with Crippen molar-refractivity contribution in [2.24, 2.45) is 0 Å². The summed E-state index contributed by atoms with van der Waals surface area (Å²) in [5.74, 6) is -0.667. The first-order valence-corrected chi connectivity index (χ1v) is 8.72. The molecule has 23 heavy (non-hydrogen) atoms. The van der Waals surface area contributed by atoms with Crippen LogP contribution in [0.5, 0.6) is 11.5 Å². The fraction of sp³-hybridized carbons (Fsp3) is 0.214. The number of carbonyl (C=O) groups is 1. The van der Waals surface area contributed by atoms with E-state index in [1.165, 1.54) is 32.4 Å². The molecule has 0 radical (unpaired) electrons. The Morgan fingerprint density at radius 3 is 2.52 bits per heavy atom. The topological polar surface area (TPSA) is 93.1 Å². The molecule has 0 aliphatic rings. The molecule has 0 aliphatic carbocycles. The largest absolute Gasteiger partial charge is 0.497 e. The van der Waals surface area contributed by atoms with E-state index in [1.54, 1.807) is 17.5 Å². The molecule has 9 heteroatoms. The van der Waals surface area contributed by atoms with E-state index in [-0.39, 0.29) is 15.6 Å². The zero-order chi connectivity index (χ0) is 17.0. The van der Waals surface area contributed by atoms with Crippen LogP contribution in [0.15, 0.2) is 39.9 Å². The molecular formula is C14H15NO6S2. The first-order valence-electron chi connectivity index (χ1n) is 6.40. The number of sulfonamides is 1. The highest BCUT2D eigenvalue weighted by Gasteiger charge is 2.30. The predicted molar refractivity (Wildman–Crippen MR) is 86.0 cm³/mol. The average molecular weight is 357 g/mol. The Morgan fingerprint density at radius 2 is 2.00 bits per heavy atom. The molecule has 0 aliphatic heterocycles. The van der Waals surface area contributed by atoms with Gasteiger partial charge >= 0.3 is 5.97 Å². The van der Waals surface area contributed by atoms with Gasteiger partial charge in [0.25, 0.3) is 10.0 Å². The second kappa shape index (κ2) is 6.88. The summed E-state index contributed by atoms with van der Waals surface area (Å²) in [5, 5.41) is 10.7. The van der Waals surface area contributed by atoms with Crippen molar-refractivity contribution in [2.75, 3.05) is 25.1 Å². The molecule has 124 valence electrons. The summed E-state index contributed by atoms with van der Waals surface area (Å²) in [6, 6.07) is 7.54. The maximum absolute atomic E-state index is 12.8. The minimum atomic E-state index is -4.03. The van der Waals surface area contributed by atoms with Gasteiger partial charge in [-0.3, -0.25) is 9.10 Å². The summed E-state index contributed by atoms with van der Waals surface area (Å²) in [6.45, 7) is -0.732. The van der Waals surface area contributed by atoms with Crippen molar-refractivity contribution in [1.82, 2.24) is 0 Å². The van der Waals surface area contributed by atoms with E-state index in [9.17, 15) is 13.2 Å². The summed E-state index contributed by atoms with van der Waals surface area (Å²) < 4.78 is 36.6. The summed E-state index contributed by atoms with van der Waals surface area (Å²) in [4.78, 5) is 11.2. The lowest BCUT2D eigenvalue weighted by atomic mass is 10.2. The van der Waals surface area contributed by atoms with Crippen molar-refractivity contribution in [3.8, 4) is 11.5 Å². The molecule has 0 unspecified atom stereocenters. The van der Waals surface area contributed by atoms with Gasteiger partial charge in [-0.25, -0.2) is 8.42 Å². The zero-order valence-electron chi connectivity index (χ0n) is 12.4. The molecule has 0 saturated heterocycles. The Bertz CT molecular complexity index is 786. The maximum atomic E-state index is 12.8. The van der Waals surface area contributed by atoms with Gasteiger partial charge in [0, 0.05) is 6.07 Å². The summed E-state index contributed by atoms with van der Waals surface area (Å²) in [7, 11) is -1.22. The molecule has 7 nitrogen and oxygen atoms in total. The molecule has 1 aromatic heterocycles. The monoisotopic (exact) mass is 357 g/mol. The lowest BCUT2D eigenvalue weighted by Crippen LogP contribution is -2.35. The van der Waals surface area contributed by atoms with Crippen molar-refractivity contribution < 1.29 is 27.8 Å². The van der Waals surface area contributed by atoms with E-state index in [4.69, 9.17) is 14.6 Å². The van der Waals surface area contributed by atoms with Gasteiger partial charge in [-0.15, -0.1) is 11.3 Å². The van der Waals surface area contributed by atoms with E-state index >= 15 is 0 Å². The number of methoxy groups -OCH3 is 2. The summed E-state index contributed by atoms with van der Waals surface area (Å²) >= 11 is 1.01. The van der Waals surface area contributed by atoms with Crippen LogP contribution < -0.4 is 13.8 Å². The van der Waals surface area contributed by atoms with Gasteiger partial charge in [0.1, 0.15) is 22.3 Å². The number of carboxylic acids is 1. The Kier molecular flexibility index (Phi) is 5.12. The number of ether oxygens (including phenoxy) is 2. The molecule has 0 saturated carbocycles. The molecule has 0 bridgehead atoms. The van der Waals surface area contributed by atoms with Gasteiger partial charge in [0.2, 0.25) is 0 Å². The third kappa shape index (κ3) is 3.57. The maximum Gasteiger partial charge on any atom is 0.324 e. The summed E-state index contributed by atoms with van der Waals surface area (Å²) in [6.07, 6.45) is 0. The van der Waals surface area contributed by atoms with Crippen LogP contribution in [-0.2, 0) is 14.8 Å². The number of hydrogen-bond donors (Lipinski definition) is 1. The second-order valence-electron chi connectivity index (χ2n) is 4.38. The first kappa shape index (κ1) is 17.1. The van der Waals surface area contributed by atoms with Crippen molar-refractivity contribution >= 4 is 33.0 Å². The molecule has 1 N–H and O–H groups in total. The fourth-order valence-corrected chi connectivity index (χ4v) is 4.45. The first-order chi connectivity index (χ1) is 10.9. The van der Waals surface area contributed by atoms with E-state index in [2.05, 4.69) is 0 Å². The minimum Gasteiger partial charge on any atom is -0.497 e.